The van der Waals surface area contributed by atoms with Crippen molar-refractivity contribution in [1.82, 2.24) is 20.4 Å². The highest BCUT2D eigenvalue weighted by molar-refractivity contribution is 7.21. The van der Waals surface area contributed by atoms with Gasteiger partial charge in [0.15, 0.2) is 11.4 Å². The maximum absolute atomic E-state index is 8.87. The second-order valence-electron chi connectivity index (χ2n) is 3.26. The van der Waals surface area contributed by atoms with Gasteiger partial charge in [-0.2, -0.15) is 15.6 Å². The summed E-state index contributed by atoms with van der Waals surface area (Å²) in [6, 6.07) is 7.42. The fourth-order valence-corrected chi connectivity index (χ4v) is 2.69. The predicted octanol–water partition coefficient (Wildman–Crippen LogP) is 2.61. The van der Waals surface area contributed by atoms with E-state index >= 15 is 0 Å². The van der Waals surface area contributed by atoms with E-state index < -0.39 is 0 Å². The molecule has 82 valence electrons. The lowest BCUT2D eigenvalue weighted by Crippen LogP contribution is -1.80. The lowest BCUT2D eigenvalue weighted by Gasteiger charge is -1.86. The van der Waals surface area contributed by atoms with E-state index in [0.29, 0.717) is 15.7 Å². The Kier molecular flexibility index (Phi) is 2.28. The summed E-state index contributed by atoms with van der Waals surface area (Å²) in [5.74, 6) is 0. The van der Waals surface area contributed by atoms with Crippen LogP contribution in [0.25, 0.3) is 20.9 Å². The van der Waals surface area contributed by atoms with Crippen LogP contribution >= 0.6 is 22.9 Å². The quantitative estimate of drug-likeness (QED) is 0.730. The lowest BCUT2D eigenvalue weighted by atomic mass is 10.3. The summed E-state index contributed by atoms with van der Waals surface area (Å²) in [4.78, 5) is 4.39. The zero-order valence-electron chi connectivity index (χ0n) is 8.31. The largest absolute Gasteiger partial charge is 0.234 e. The van der Waals surface area contributed by atoms with Crippen LogP contribution in [0.2, 0.25) is 5.02 Å². The minimum absolute atomic E-state index is 0.246. The van der Waals surface area contributed by atoms with Gasteiger partial charge in [-0.15, -0.1) is 16.4 Å². The van der Waals surface area contributed by atoms with Crippen molar-refractivity contribution in [3.05, 3.63) is 28.9 Å². The highest BCUT2D eigenvalue weighted by Gasteiger charge is 2.14. The van der Waals surface area contributed by atoms with Gasteiger partial charge in [-0.25, -0.2) is 4.98 Å². The van der Waals surface area contributed by atoms with Crippen LogP contribution in [0.4, 0.5) is 0 Å². The van der Waals surface area contributed by atoms with Crippen LogP contribution in [0.5, 0.6) is 0 Å². The molecule has 2 heterocycles. The molecule has 3 aromatic rings. The maximum atomic E-state index is 8.87. The van der Waals surface area contributed by atoms with E-state index in [1.165, 1.54) is 11.3 Å². The molecule has 0 aliphatic rings. The Balaban J connectivity index is 2.22. The molecular weight excluding hydrogens is 258 g/mol. The minimum atomic E-state index is 0.246. The van der Waals surface area contributed by atoms with Crippen molar-refractivity contribution in [2.45, 2.75) is 0 Å². The van der Waals surface area contributed by atoms with Gasteiger partial charge in [0.1, 0.15) is 11.1 Å². The van der Waals surface area contributed by atoms with Gasteiger partial charge in [-0.1, -0.05) is 11.6 Å². The molecular formula is C10H4ClN5S. The fourth-order valence-electron chi connectivity index (χ4n) is 1.46. The average molecular weight is 262 g/mol. The van der Waals surface area contributed by atoms with Crippen LogP contribution in [0.15, 0.2) is 18.2 Å². The lowest BCUT2D eigenvalue weighted by molar-refractivity contribution is 0.937. The van der Waals surface area contributed by atoms with Crippen molar-refractivity contribution in [2.24, 2.45) is 0 Å². The molecule has 2 aromatic heterocycles. The molecule has 0 saturated carbocycles. The number of nitrogens with zero attached hydrogens (tertiary/aromatic N) is 4. The molecule has 0 unspecified atom stereocenters. The molecule has 0 fully saturated rings. The van der Waals surface area contributed by atoms with E-state index in [4.69, 9.17) is 16.9 Å². The van der Waals surface area contributed by atoms with Crippen LogP contribution in [-0.2, 0) is 0 Å². The van der Waals surface area contributed by atoms with E-state index in [2.05, 4.69) is 20.4 Å². The number of hydrogen-bond acceptors (Lipinski definition) is 5. The number of aromatic nitrogens is 4. The van der Waals surface area contributed by atoms with Crippen LogP contribution < -0.4 is 0 Å². The highest BCUT2D eigenvalue weighted by Crippen LogP contribution is 2.31. The molecule has 5 nitrogen and oxygen atoms in total. The molecule has 3 rings (SSSR count). The smallest absolute Gasteiger partial charge is 0.192 e. The van der Waals surface area contributed by atoms with Gasteiger partial charge < -0.3 is 0 Å². The van der Waals surface area contributed by atoms with Gasteiger partial charge in [0.05, 0.1) is 10.2 Å². The number of thiazole rings is 1. The molecule has 0 amide bonds. The van der Waals surface area contributed by atoms with Crippen molar-refractivity contribution in [1.29, 1.82) is 5.26 Å². The zero-order valence-corrected chi connectivity index (χ0v) is 9.88. The van der Waals surface area contributed by atoms with Crippen LogP contribution in [-0.4, -0.2) is 20.4 Å². The first-order valence-corrected chi connectivity index (χ1v) is 5.84. The number of rotatable bonds is 1. The van der Waals surface area contributed by atoms with Crippen LogP contribution in [0.3, 0.4) is 0 Å². The summed E-state index contributed by atoms with van der Waals surface area (Å²) in [6.45, 7) is 0. The first-order chi connectivity index (χ1) is 8.28. The zero-order chi connectivity index (χ0) is 11.8. The number of halogens is 1. The van der Waals surface area contributed by atoms with Crippen molar-refractivity contribution < 1.29 is 0 Å². The highest BCUT2D eigenvalue weighted by atomic mass is 35.5. The standard InChI is InChI=1S/C10H4ClN5S/c11-5-1-2-6-8(3-5)17-10(13-6)9-7(4-12)14-16-15-9/h1-3H,(H,14,15,16). The van der Waals surface area contributed by atoms with E-state index in [-0.39, 0.29) is 5.69 Å². The van der Waals surface area contributed by atoms with Crippen molar-refractivity contribution in [2.75, 3.05) is 0 Å². The third kappa shape index (κ3) is 1.65. The molecule has 0 spiro atoms. The summed E-state index contributed by atoms with van der Waals surface area (Å²) < 4.78 is 0.958. The number of nitriles is 1. The van der Waals surface area contributed by atoms with Crippen molar-refractivity contribution in [3.8, 4) is 16.8 Å². The molecule has 0 aliphatic heterocycles. The van der Waals surface area contributed by atoms with Crippen LogP contribution in [0.1, 0.15) is 5.69 Å². The maximum Gasteiger partial charge on any atom is 0.192 e. The van der Waals surface area contributed by atoms with Gasteiger partial charge in [0.25, 0.3) is 0 Å². The Morgan fingerprint density at radius 1 is 1.35 bits per heavy atom. The second-order valence-corrected chi connectivity index (χ2v) is 4.73. The van der Waals surface area contributed by atoms with E-state index in [1.807, 2.05) is 18.2 Å². The van der Waals surface area contributed by atoms with Gasteiger partial charge in [-0.05, 0) is 18.2 Å². The van der Waals surface area contributed by atoms with Gasteiger partial charge >= 0.3 is 0 Å². The van der Waals surface area contributed by atoms with Crippen LogP contribution in [0, 0.1) is 11.3 Å². The van der Waals surface area contributed by atoms with E-state index in [9.17, 15) is 0 Å². The molecule has 0 saturated heterocycles. The van der Waals surface area contributed by atoms with Crippen molar-refractivity contribution in [3.63, 3.8) is 0 Å². The summed E-state index contributed by atoms with van der Waals surface area (Å²) in [5.41, 5.74) is 1.56. The molecule has 1 N–H and O–H groups in total. The summed E-state index contributed by atoms with van der Waals surface area (Å²) in [6.07, 6.45) is 0. The number of nitrogens with one attached hydrogen (secondary N) is 1. The number of fused-ring (bicyclic) bond motifs is 1. The average Bonchev–Trinajstić information content (AvgIpc) is 2.93. The summed E-state index contributed by atoms with van der Waals surface area (Å²) in [7, 11) is 0. The van der Waals surface area contributed by atoms with E-state index in [1.54, 1.807) is 6.07 Å². The summed E-state index contributed by atoms with van der Waals surface area (Å²) >= 11 is 7.33. The van der Waals surface area contributed by atoms with Gasteiger partial charge in [0.2, 0.25) is 0 Å². The Bertz CT molecular complexity index is 739. The molecule has 0 radical (unpaired) electrons. The molecule has 0 atom stereocenters. The third-order valence-corrected chi connectivity index (χ3v) is 3.47. The normalized spacial score (nSPS) is 10.6. The first kappa shape index (κ1) is 10.2. The second kappa shape index (κ2) is 3.80. The minimum Gasteiger partial charge on any atom is -0.234 e. The van der Waals surface area contributed by atoms with E-state index in [0.717, 1.165) is 10.2 Å². The predicted molar refractivity (Wildman–Crippen MR) is 64.7 cm³/mol. The Hall–Kier alpha value is -1.97. The first-order valence-electron chi connectivity index (χ1n) is 4.65. The molecule has 17 heavy (non-hydrogen) atoms. The Morgan fingerprint density at radius 3 is 3.06 bits per heavy atom. The van der Waals surface area contributed by atoms with Gasteiger partial charge in [-0.3, -0.25) is 0 Å². The Morgan fingerprint density at radius 2 is 2.24 bits per heavy atom. The van der Waals surface area contributed by atoms with Gasteiger partial charge in [0, 0.05) is 5.02 Å². The molecule has 0 bridgehead atoms. The van der Waals surface area contributed by atoms with Crippen molar-refractivity contribution >= 4 is 33.2 Å². The molecule has 7 heteroatoms. The number of hydrogen-bond donors (Lipinski definition) is 1. The number of aromatic amines is 1. The monoisotopic (exact) mass is 261 g/mol. The topological polar surface area (TPSA) is 78.2 Å². The number of H-pyrrole nitrogens is 1. The number of benzene rings is 1. The SMILES string of the molecule is N#Cc1n[nH]nc1-c1nc2ccc(Cl)cc2s1. The molecule has 0 aliphatic carbocycles. The Labute approximate surface area is 105 Å². The third-order valence-electron chi connectivity index (χ3n) is 2.21. The fraction of sp³-hybridized carbons (Fsp3) is 0. The summed E-state index contributed by atoms with van der Waals surface area (Å²) in [5, 5.41) is 20.3. The molecule has 1 aromatic carbocycles.